The summed E-state index contributed by atoms with van der Waals surface area (Å²) in [5.74, 6) is 0.573. The number of hydrogen-bond donors (Lipinski definition) is 1. The van der Waals surface area contributed by atoms with Crippen molar-refractivity contribution in [1.82, 2.24) is 0 Å². The third-order valence-corrected chi connectivity index (χ3v) is 2.41. The quantitative estimate of drug-likeness (QED) is 0.597. The molecule has 0 heterocycles. The van der Waals surface area contributed by atoms with E-state index >= 15 is 0 Å². The van der Waals surface area contributed by atoms with Crippen LogP contribution in [0.2, 0.25) is 0 Å². The maximum Gasteiger partial charge on any atom is 0.271 e. The van der Waals surface area contributed by atoms with Gasteiger partial charge in [0, 0.05) is 24.4 Å². The average molecular weight is 208 g/mol. The number of rotatable bonds is 5. The Morgan fingerprint density at radius 1 is 1.53 bits per heavy atom. The third kappa shape index (κ3) is 3.58. The van der Waals surface area contributed by atoms with E-state index < -0.39 is 0 Å². The van der Waals surface area contributed by atoms with Crippen LogP contribution in [-0.2, 0) is 0 Å². The average Bonchev–Trinajstić information content (AvgIpc) is 2.26. The summed E-state index contributed by atoms with van der Waals surface area (Å²) < 4.78 is 0. The van der Waals surface area contributed by atoms with E-state index in [0.717, 1.165) is 18.7 Å². The lowest BCUT2D eigenvalue weighted by Gasteiger charge is -2.10. The van der Waals surface area contributed by atoms with Gasteiger partial charge in [-0.15, -0.1) is 0 Å². The molecule has 4 nitrogen and oxygen atoms in total. The minimum absolute atomic E-state index is 0.129. The van der Waals surface area contributed by atoms with Crippen molar-refractivity contribution in [3.63, 3.8) is 0 Å². The first kappa shape index (κ1) is 11.5. The van der Waals surface area contributed by atoms with Crippen molar-refractivity contribution in [2.75, 3.05) is 11.9 Å². The molecule has 0 radical (unpaired) electrons. The van der Waals surface area contributed by atoms with Crippen molar-refractivity contribution in [2.45, 2.75) is 20.3 Å². The summed E-state index contributed by atoms with van der Waals surface area (Å²) in [7, 11) is 0. The minimum Gasteiger partial charge on any atom is -0.385 e. The lowest BCUT2D eigenvalue weighted by atomic mass is 10.1. The van der Waals surface area contributed by atoms with E-state index in [9.17, 15) is 10.1 Å². The Hall–Kier alpha value is -1.58. The van der Waals surface area contributed by atoms with Gasteiger partial charge < -0.3 is 5.32 Å². The topological polar surface area (TPSA) is 55.2 Å². The first-order valence-corrected chi connectivity index (χ1v) is 5.11. The number of hydrogen-bond acceptors (Lipinski definition) is 3. The van der Waals surface area contributed by atoms with E-state index in [1.807, 2.05) is 6.07 Å². The van der Waals surface area contributed by atoms with Crippen molar-refractivity contribution in [3.05, 3.63) is 34.4 Å². The van der Waals surface area contributed by atoms with E-state index in [1.54, 1.807) is 12.1 Å². The van der Waals surface area contributed by atoms with Gasteiger partial charge >= 0.3 is 0 Å². The van der Waals surface area contributed by atoms with Crippen LogP contribution in [0.25, 0.3) is 0 Å². The molecule has 0 aromatic heterocycles. The molecule has 0 aliphatic heterocycles. The molecule has 0 spiro atoms. The van der Waals surface area contributed by atoms with Gasteiger partial charge in [-0.3, -0.25) is 10.1 Å². The fourth-order valence-corrected chi connectivity index (χ4v) is 1.17. The molecule has 1 aromatic carbocycles. The Balaban J connectivity index is 2.62. The number of nitro groups is 1. The monoisotopic (exact) mass is 208 g/mol. The molecule has 1 N–H and O–H groups in total. The lowest BCUT2D eigenvalue weighted by molar-refractivity contribution is -0.384. The van der Waals surface area contributed by atoms with Crippen LogP contribution < -0.4 is 5.32 Å². The van der Waals surface area contributed by atoms with E-state index in [2.05, 4.69) is 19.2 Å². The van der Waals surface area contributed by atoms with Crippen LogP contribution in [-0.4, -0.2) is 11.5 Å². The van der Waals surface area contributed by atoms with Crippen molar-refractivity contribution < 1.29 is 4.92 Å². The predicted octanol–water partition coefficient (Wildman–Crippen LogP) is 3.05. The van der Waals surface area contributed by atoms with Crippen molar-refractivity contribution >= 4 is 11.4 Å². The molecule has 1 rings (SSSR count). The maximum absolute atomic E-state index is 10.5. The summed E-state index contributed by atoms with van der Waals surface area (Å²) >= 11 is 0. The Labute approximate surface area is 89.5 Å². The fourth-order valence-electron chi connectivity index (χ4n) is 1.17. The van der Waals surface area contributed by atoms with Gasteiger partial charge in [-0.05, 0) is 12.0 Å². The van der Waals surface area contributed by atoms with E-state index in [4.69, 9.17) is 0 Å². The normalized spacial score (nSPS) is 12.1. The molecular weight excluding hydrogens is 192 g/mol. The molecule has 0 fully saturated rings. The van der Waals surface area contributed by atoms with Gasteiger partial charge in [-0.2, -0.15) is 0 Å². The lowest BCUT2D eigenvalue weighted by Crippen LogP contribution is -2.10. The minimum atomic E-state index is -0.381. The van der Waals surface area contributed by atoms with Crippen LogP contribution in [0.5, 0.6) is 0 Å². The Morgan fingerprint density at radius 2 is 2.27 bits per heavy atom. The highest BCUT2D eigenvalue weighted by Crippen LogP contribution is 2.17. The number of nitrogens with one attached hydrogen (secondary N) is 1. The van der Waals surface area contributed by atoms with E-state index in [1.165, 1.54) is 6.07 Å². The molecule has 82 valence electrons. The molecule has 1 aromatic rings. The van der Waals surface area contributed by atoms with Crippen LogP contribution in [0.15, 0.2) is 24.3 Å². The zero-order valence-corrected chi connectivity index (χ0v) is 9.06. The second-order valence-electron chi connectivity index (χ2n) is 3.70. The van der Waals surface area contributed by atoms with Gasteiger partial charge in [-0.25, -0.2) is 0 Å². The number of anilines is 1. The summed E-state index contributed by atoms with van der Waals surface area (Å²) in [4.78, 5) is 10.1. The fraction of sp³-hybridized carbons (Fsp3) is 0.455. The molecule has 0 aliphatic rings. The highest BCUT2D eigenvalue weighted by Gasteiger charge is 2.05. The van der Waals surface area contributed by atoms with Crippen molar-refractivity contribution in [1.29, 1.82) is 0 Å². The smallest absolute Gasteiger partial charge is 0.271 e. The molecule has 0 saturated carbocycles. The largest absolute Gasteiger partial charge is 0.385 e. The van der Waals surface area contributed by atoms with Crippen molar-refractivity contribution in [3.8, 4) is 0 Å². The molecule has 0 bridgehead atoms. The van der Waals surface area contributed by atoms with Crippen molar-refractivity contribution in [2.24, 2.45) is 5.92 Å². The molecule has 4 heteroatoms. The predicted molar refractivity (Wildman–Crippen MR) is 61.0 cm³/mol. The first-order chi connectivity index (χ1) is 7.13. The van der Waals surface area contributed by atoms with Gasteiger partial charge in [0.05, 0.1) is 4.92 Å². The molecule has 0 aliphatic carbocycles. The zero-order chi connectivity index (χ0) is 11.3. The van der Waals surface area contributed by atoms with Gasteiger partial charge in [0.15, 0.2) is 0 Å². The summed E-state index contributed by atoms with van der Waals surface area (Å²) in [6, 6.07) is 6.59. The number of nitrogens with zero attached hydrogens (tertiary/aromatic N) is 1. The SMILES string of the molecule is CC[C@@H](C)CNc1cccc([N+](=O)[O-])c1. The van der Waals surface area contributed by atoms with Crippen LogP contribution >= 0.6 is 0 Å². The van der Waals surface area contributed by atoms with Gasteiger partial charge in [0.1, 0.15) is 0 Å². The number of nitro benzene ring substituents is 1. The van der Waals surface area contributed by atoms with Crippen LogP contribution in [0.1, 0.15) is 20.3 Å². The third-order valence-electron chi connectivity index (χ3n) is 2.41. The maximum atomic E-state index is 10.5. The Bertz CT molecular complexity index is 339. The molecule has 0 saturated heterocycles. The second-order valence-corrected chi connectivity index (χ2v) is 3.70. The van der Waals surface area contributed by atoms with Gasteiger partial charge in [-0.1, -0.05) is 26.3 Å². The summed E-state index contributed by atoms with van der Waals surface area (Å²) in [5.41, 5.74) is 0.939. The van der Waals surface area contributed by atoms with Gasteiger partial charge in [0.2, 0.25) is 0 Å². The second kappa shape index (κ2) is 5.34. The van der Waals surface area contributed by atoms with Crippen LogP contribution in [0.3, 0.4) is 0 Å². The highest BCUT2D eigenvalue weighted by atomic mass is 16.6. The summed E-state index contributed by atoms with van der Waals surface area (Å²) in [6.45, 7) is 5.11. The Kier molecular flexibility index (Phi) is 4.09. The first-order valence-electron chi connectivity index (χ1n) is 5.11. The standard InChI is InChI=1S/C11H16N2O2/c1-3-9(2)8-12-10-5-4-6-11(7-10)13(14)15/h4-7,9,12H,3,8H2,1-2H3/t9-/m1/s1. The number of non-ortho nitro benzene ring substituents is 1. The molecular formula is C11H16N2O2. The summed E-state index contributed by atoms with van der Waals surface area (Å²) in [5, 5.41) is 13.7. The highest BCUT2D eigenvalue weighted by molar-refractivity contribution is 5.50. The van der Waals surface area contributed by atoms with E-state index in [-0.39, 0.29) is 10.6 Å². The summed E-state index contributed by atoms with van der Waals surface area (Å²) in [6.07, 6.45) is 1.10. The van der Waals surface area contributed by atoms with Gasteiger partial charge in [0.25, 0.3) is 5.69 Å². The number of benzene rings is 1. The Morgan fingerprint density at radius 3 is 2.87 bits per heavy atom. The molecule has 0 amide bonds. The van der Waals surface area contributed by atoms with Crippen LogP contribution in [0.4, 0.5) is 11.4 Å². The van der Waals surface area contributed by atoms with Crippen LogP contribution in [0, 0.1) is 16.0 Å². The zero-order valence-electron chi connectivity index (χ0n) is 9.06. The molecule has 15 heavy (non-hydrogen) atoms. The molecule has 1 atom stereocenters. The van der Waals surface area contributed by atoms with E-state index in [0.29, 0.717) is 5.92 Å². The molecule has 0 unspecified atom stereocenters.